The molecular formula is C30H30ClF3N2O3. The number of β-amino-alcohol motifs (C(OH)–C–C–N with tert-alkyl or cyclic N) is 1. The Hall–Kier alpha value is -3.75. The van der Waals surface area contributed by atoms with Crippen LogP contribution >= 0.6 is 12.4 Å². The normalized spacial score (nSPS) is 15.4. The SMILES string of the molecule is CC(C)Oc1ccc(/C(=C/C=C/C(=O)Nc2cccc3c2CC(O)CN3)c2ccc(C(F)(F)F)cc2)cc1.Cl. The van der Waals surface area contributed by atoms with Crippen LogP contribution in [-0.4, -0.2) is 29.8 Å². The Kier molecular flexibility index (Phi) is 9.83. The number of hydrogen-bond acceptors (Lipinski definition) is 4. The molecule has 0 saturated heterocycles. The van der Waals surface area contributed by atoms with Gasteiger partial charge in [-0.05, 0) is 66.9 Å². The Morgan fingerprint density at radius 3 is 2.31 bits per heavy atom. The van der Waals surface area contributed by atoms with Gasteiger partial charge >= 0.3 is 6.18 Å². The number of nitrogens with one attached hydrogen (secondary N) is 2. The molecule has 0 fully saturated rings. The van der Waals surface area contributed by atoms with Crippen molar-refractivity contribution >= 4 is 35.3 Å². The number of allylic oxidation sites excluding steroid dienone is 2. The van der Waals surface area contributed by atoms with Crippen LogP contribution in [0.4, 0.5) is 24.5 Å². The molecule has 9 heteroatoms. The summed E-state index contributed by atoms with van der Waals surface area (Å²) >= 11 is 0. The van der Waals surface area contributed by atoms with Crippen molar-refractivity contribution in [3.63, 3.8) is 0 Å². The van der Waals surface area contributed by atoms with Crippen molar-refractivity contribution in [1.82, 2.24) is 0 Å². The number of anilines is 2. The molecule has 3 aromatic carbocycles. The van der Waals surface area contributed by atoms with Gasteiger partial charge in [-0.25, -0.2) is 0 Å². The monoisotopic (exact) mass is 558 g/mol. The van der Waals surface area contributed by atoms with Gasteiger partial charge in [0.15, 0.2) is 0 Å². The number of ether oxygens (including phenoxy) is 1. The number of rotatable bonds is 7. The van der Waals surface area contributed by atoms with Gasteiger partial charge in [-0.15, -0.1) is 12.4 Å². The van der Waals surface area contributed by atoms with E-state index in [4.69, 9.17) is 4.74 Å². The summed E-state index contributed by atoms with van der Waals surface area (Å²) in [6.45, 7) is 4.29. The zero-order valence-electron chi connectivity index (χ0n) is 21.5. The number of aliphatic hydroxyl groups excluding tert-OH is 1. The second-order valence-corrected chi connectivity index (χ2v) is 9.27. The molecule has 39 heavy (non-hydrogen) atoms. The fraction of sp³-hybridized carbons (Fsp3) is 0.233. The maximum absolute atomic E-state index is 13.1. The lowest BCUT2D eigenvalue weighted by molar-refractivity contribution is -0.137. The quantitative estimate of drug-likeness (QED) is 0.219. The van der Waals surface area contributed by atoms with E-state index in [1.807, 2.05) is 38.1 Å². The van der Waals surface area contributed by atoms with Crippen LogP contribution in [0.1, 0.15) is 36.1 Å². The van der Waals surface area contributed by atoms with Crippen molar-refractivity contribution in [3.05, 3.63) is 107 Å². The van der Waals surface area contributed by atoms with E-state index < -0.39 is 17.8 Å². The number of amides is 1. The van der Waals surface area contributed by atoms with Gasteiger partial charge in [0.1, 0.15) is 5.75 Å². The third-order valence-electron chi connectivity index (χ3n) is 5.97. The minimum absolute atomic E-state index is 0. The van der Waals surface area contributed by atoms with Crippen molar-refractivity contribution in [2.75, 3.05) is 17.2 Å². The summed E-state index contributed by atoms with van der Waals surface area (Å²) < 4.78 is 45.0. The molecule has 3 N–H and O–H groups in total. The third-order valence-corrected chi connectivity index (χ3v) is 5.97. The maximum atomic E-state index is 13.1. The highest BCUT2D eigenvalue weighted by molar-refractivity contribution is 6.00. The summed E-state index contributed by atoms with van der Waals surface area (Å²) in [5.74, 6) is 0.304. The topological polar surface area (TPSA) is 70.6 Å². The smallest absolute Gasteiger partial charge is 0.416 e. The number of benzene rings is 3. The van der Waals surface area contributed by atoms with Crippen LogP contribution in [0.15, 0.2) is 85.0 Å². The van der Waals surface area contributed by atoms with Gasteiger partial charge in [0.2, 0.25) is 5.91 Å². The molecule has 0 bridgehead atoms. The zero-order valence-corrected chi connectivity index (χ0v) is 22.3. The fourth-order valence-electron chi connectivity index (χ4n) is 4.21. The first-order valence-electron chi connectivity index (χ1n) is 12.3. The molecule has 4 rings (SSSR count). The van der Waals surface area contributed by atoms with E-state index in [-0.39, 0.29) is 24.4 Å². The second kappa shape index (κ2) is 12.9. The van der Waals surface area contributed by atoms with Crippen LogP contribution in [0.25, 0.3) is 5.57 Å². The summed E-state index contributed by atoms with van der Waals surface area (Å²) in [7, 11) is 0. The molecule has 0 radical (unpaired) electrons. The first-order chi connectivity index (χ1) is 18.1. The molecule has 1 aliphatic heterocycles. The summed E-state index contributed by atoms with van der Waals surface area (Å²) in [6.07, 6.45) is 0.0568. The third kappa shape index (κ3) is 7.88. The van der Waals surface area contributed by atoms with E-state index in [9.17, 15) is 23.1 Å². The highest BCUT2D eigenvalue weighted by Gasteiger charge is 2.30. The maximum Gasteiger partial charge on any atom is 0.416 e. The Morgan fingerprint density at radius 1 is 1.05 bits per heavy atom. The lowest BCUT2D eigenvalue weighted by Gasteiger charge is -2.24. The van der Waals surface area contributed by atoms with Gasteiger partial charge in [-0.1, -0.05) is 42.5 Å². The highest BCUT2D eigenvalue weighted by atomic mass is 35.5. The summed E-state index contributed by atoms with van der Waals surface area (Å²) in [6, 6.07) is 17.6. The summed E-state index contributed by atoms with van der Waals surface area (Å²) in [4.78, 5) is 12.7. The number of alkyl halides is 3. The highest BCUT2D eigenvalue weighted by Crippen LogP contribution is 2.32. The van der Waals surface area contributed by atoms with Crippen molar-refractivity contribution in [2.24, 2.45) is 0 Å². The lowest BCUT2D eigenvalue weighted by Crippen LogP contribution is -2.28. The number of halogens is 4. The van der Waals surface area contributed by atoms with Gasteiger partial charge in [-0.2, -0.15) is 13.2 Å². The largest absolute Gasteiger partial charge is 0.491 e. The van der Waals surface area contributed by atoms with Gasteiger partial charge < -0.3 is 20.5 Å². The van der Waals surface area contributed by atoms with Crippen LogP contribution in [0.5, 0.6) is 5.75 Å². The van der Waals surface area contributed by atoms with Crippen LogP contribution in [0.2, 0.25) is 0 Å². The predicted molar refractivity (Wildman–Crippen MR) is 150 cm³/mol. The van der Waals surface area contributed by atoms with E-state index in [2.05, 4.69) is 10.6 Å². The number of carbonyl (C=O) groups is 1. The number of aliphatic hydroxyl groups is 1. The van der Waals surface area contributed by atoms with Crippen LogP contribution < -0.4 is 15.4 Å². The average molecular weight is 559 g/mol. The zero-order chi connectivity index (χ0) is 27.3. The van der Waals surface area contributed by atoms with E-state index >= 15 is 0 Å². The molecule has 3 aromatic rings. The van der Waals surface area contributed by atoms with Crippen LogP contribution in [0, 0.1) is 0 Å². The van der Waals surface area contributed by atoms with E-state index in [1.54, 1.807) is 30.4 Å². The Bertz CT molecular complexity index is 1340. The standard InChI is InChI=1S/C30H29F3N2O3.ClH/c1-19(2)38-24-15-11-21(12-16-24)25(20-9-13-22(14-10-20)30(31,32)33)5-3-8-29(37)35-28-7-4-6-27-26(28)17-23(36)18-34-27;/h3-16,19,23,34,36H,17-18H2,1-2H3,(H,35,37);1H/b8-3+,25-5+;. The van der Waals surface area contributed by atoms with E-state index in [0.717, 1.165) is 28.9 Å². The fourth-order valence-corrected chi connectivity index (χ4v) is 4.21. The van der Waals surface area contributed by atoms with Crippen molar-refractivity contribution in [1.29, 1.82) is 0 Å². The molecule has 1 amide bonds. The molecule has 1 aliphatic rings. The molecule has 0 aliphatic carbocycles. The molecule has 0 saturated carbocycles. The van der Waals surface area contributed by atoms with E-state index in [0.29, 0.717) is 35.5 Å². The summed E-state index contributed by atoms with van der Waals surface area (Å²) in [5, 5.41) is 16.0. The lowest BCUT2D eigenvalue weighted by atomic mass is 9.96. The van der Waals surface area contributed by atoms with Gasteiger partial charge in [0.25, 0.3) is 0 Å². The van der Waals surface area contributed by atoms with Gasteiger partial charge in [-0.3, -0.25) is 4.79 Å². The molecule has 1 unspecified atom stereocenters. The average Bonchev–Trinajstić information content (AvgIpc) is 2.87. The molecular weight excluding hydrogens is 529 g/mol. The van der Waals surface area contributed by atoms with Gasteiger partial charge in [0, 0.05) is 36.0 Å². The summed E-state index contributed by atoms with van der Waals surface area (Å²) in [5.41, 5.74) is 3.53. The van der Waals surface area contributed by atoms with Crippen LogP contribution in [0.3, 0.4) is 0 Å². The molecule has 1 atom stereocenters. The minimum atomic E-state index is -4.43. The van der Waals surface area contributed by atoms with Crippen molar-refractivity contribution in [3.8, 4) is 5.75 Å². The minimum Gasteiger partial charge on any atom is -0.491 e. The van der Waals surface area contributed by atoms with Crippen molar-refractivity contribution in [2.45, 2.75) is 38.7 Å². The molecule has 206 valence electrons. The number of fused-ring (bicyclic) bond motifs is 1. The van der Waals surface area contributed by atoms with E-state index in [1.165, 1.54) is 18.2 Å². The first kappa shape index (κ1) is 29.8. The van der Waals surface area contributed by atoms with Crippen LogP contribution in [-0.2, 0) is 17.4 Å². The second-order valence-electron chi connectivity index (χ2n) is 9.27. The number of hydrogen-bond donors (Lipinski definition) is 3. The Morgan fingerprint density at radius 2 is 1.69 bits per heavy atom. The Labute approximate surface area is 231 Å². The number of carbonyl (C=O) groups excluding carboxylic acids is 1. The molecule has 0 spiro atoms. The molecule has 5 nitrogen and oxygen atoms in total. The predicted octanol–water partition coefficient (Wildman–Crippen LogP) is 6.87. The van der Waals surface area contributed by atoms with Crippen molar-refractivity contribution < 1.29 is 27.8 Å². The first-order valence-corrected chi connectivity index (χ1v) is 12.3. The molecule has 1 heterocycles. The Balaban J connectivity index is 0.00000420. The molecule has 0 aromatic heterocycles. The van der Waals surface area contributed by atoms with Gasteiger partial charge in [0.05, 0.1) is 17.8 Å².